The highest BCUT2D eigenvalue weighted by atomic mass is 16.6. The van der Waals surface area contributed by atoms with Gasteiger partial charge in [-0.2, -0.15) is 10.2 Å². The number of unbranched alkanes of at least 4 members (excludes halogenated alkanes) is 8. The fourth-order valence-electron chi connectivity index (χ4n) is 7.21. The van der Waals surface area contributed by atoms with Crippen LogP contribution in [0.5, 0.6) is 0 Å². The Hall–Kier alpha value is -5.21. The molecule has 1 saturated carbocycles. The van der Waals surface area contributed by atoms with Gasteiger partial charge in [-0.3, -0.25) is 34.0 Å². The van der Waals surface area contributed by atoms with E-state index in [1.165, 1.54) is 37.7 Å². The number of H-pyrrole nitrogens is 1. The van der Waals surface area contributed by atoms with Gasteiger partial charge in [0, 0.05) is 55.6 Å². The summed E-state index contributed by atoms with van der Waals surface area (Å²) in [6.45, 7) is 4.92. The van der Waals surface area contributed by atoms with Gasteiger partial charge >= 0.3 is 12.1 Å². The summed E-state index contributed by atoms with van der Waals surface area (Å²) in [5.41, 5.74) is 3.45. The quantitative estimate of drug-likeness (QED) is 0.0841. The highest BCUT2D eigenvalue weighted by Gasteiger charge is 2.30. The number of imide groups is 1. The number of ether oxygens (including phenoxy) is 1. The zero-order valence-electron chi connectivity index (χ0n) is 30.8. The zero-order chi connectivity index (χ0) is 37.2. The van der Waals surface area contributed by atoms with Crippen molar-refractivity contribution < 1.29 is 23.9 Å². The van der Waals surface area contributed by atoms with Crippen molar-refractivity contribution in [3.63, 3.8) is 0 Å². The third-order valence-corrected chi connectivity index (χ3v) is 10.0. The van der Waals surface area contributed by atoms with E-state index in [0.717, 1.165) is 69.3 Å². The number of nitrogens with zero attached hydrogens (tertiary/aromatic N) is 6. The van der Waals surface area contributed by atoms with Crippen LogP contribution in [0.25, 0.3) is 5.65 Å². The van der Waals surface area contributed by atoms with E-state index in [0.29, 0.717) is 23.7 Å². The number of alkyl carbamates (subject to hydrolysis) is 1. The van der Waals surface area contributed by atoms with Gasteiger partial charge in [0.25, 0.3) is 5.91 Å². The SMILES string of the molecule is CC(C)NC(=O)O[C@@H]1CC[C@H](c2cc(NC(=O)c3cnn(CCCCCCCCCCCc4cccn5c(N6CCC(=O)NC6=O)cnc45)c3)n[nH]2)C1. The summed E-state index contributed by atoms with van der Waals surface area (Å²) < 4.78 is 9.30. The Morgan fingerprint density at radius 3 is 2.57 bits per heavy atom. The van der Waals surface area contributed by atoms with Crippen molar-refractivity contribution in [2.24, 2.45) is 0 Å². The Morgan fingerprint density at radius 2 is 1.79 bits per heavy atom. The van der Waals surface area contributed by atoms with Gasteiger partial charge in [0.15, 0.2) is 5.82 Å². The first-order chi connectivity index (χ1) is 25.7. The van der Waals surface area contributed by atoms with Crippen LogP contribution in [-0.2, 0) is 22.5 Å². The second kappa shape index (κ2) is 18.0. The lowest BCUT2D eigenvalue weighted by atomic mass is 10.0. The highest BCUT2D eigenvalue weighted by molar-refractivity contribution is 6.05. The van der Waals surface area contributed by atoms with Crippen LogP contribution in [0.2, 0.25) is 0 Å². The number of imidazole rings is 1. The van der Waals surface area contributed by atoms with E-state index in [2.05, 4.69) is 42.3 Å². The average molecular weight is 729 g/mol. The molecular weight excluding hydrogens is 676 g/mol. The lowest BCUT2D eigenvalue weighted by Crippen LogP contribution is -2.50. The number of aromatic nitrogens is 6. The Labute approximate surface area is 309 Å². The lowest BCUT2D eigenvalue weighted by Gasteiger charge is -2.25. The number of aromatic amines is 1. The van der Waals surface area contributed by atoms with Gasteiger partial charge in [-0.25, -0.2) is 14.6 Å². The van der Waals surface area contributed by atoms with Crippen molar-refractivity contribution in [3.05, 3.63) is 59.8 Å². The third-order valence-electron chi connectivity index (χ3n) is 10.0. The second-order valence-electron chi connectivity index (χ2n) is 14.5. The molecule has 5 heterocycles. The van der Waals surface area contributed by atoms with E-state index in [4.69, 9.17) is 4.74 Å². The number of hydrogen-bond acceptors (Lipinski definition) is 8. The van der Waals surface area contributed by atoms with Crippen molar-refractivity contribution in [3.8, 4) is 0 Å². The Morgan fingerprint density at radius 1 is 1.02 bits per heavy atom. The number of nitrogens with one attached hydrogen (secondary N) is 4. The normalized spacial score (nSPS) is 17.5. The van der Waals surface area contributed by atoms with Crippen LogP contribution in [0, 0.1) is 0 Å². The molecule has 0 spiro atoms. The van der Waals surface area contributed by atoms with E-state index in [1.54, 1.807) is 23.5 Å². The molecule has 2 fully saturated rings. The molecule has 2 aliphatic rings. The average Bonchev–Trinajstić information content (AvgIpc) is 3.95. The van der Waals surface area contributed by atoms with Crippen LogP contribution in [0.1, 0.15) is 125 Å². The minimum absolute atomic E-state index is 0.0324. The number of amides is 5. The van der Waals surface area contributed by atoms with Gasteiger partial charge in [0.2, 0.25) is 5.91 Å². The number of rotatable bonds is 18. The largest absolute Gasteiger partial charge is 0.446 e. The number of anilines is 2. The topological polar surface area (TPSA) is 181 Å². The molecule has 1 aliphatic carbocycles. The standard InChI is InChI=1S/C38H52N10O5/c1-26(2)41-38(52)53-30-16-15-28(21-30)31-22-32(45-44-31)42-36(50)29-23-40-46(25-29)18-11-9-7-5-3-4-6-8-10-13-27-14-12-19-47-34(24-39-35(27)47)48-20-17-33(49)43-37(48)51/h12,14,19,22-26,28,30H,3-11,13,15-18,20-21H2,1-2H3,(H,41,52)(H,43,49,51)(H2,42,44,45,50)/t28-,30+/m0/s1. The van der Waals surface area contributed by atoms with Crippen molar-refractivity contribution in [2.75, 3.05) is 16.8 Å². The molecule has 4 aromatic heterocycles. The van der Waals surface area contributed by atoms with Crippen LogP contribution in [-0.4, -0.2) is 72.0 Å². The number of urea groups is 1. The Balaban J connectivity index is 0.810. The molecule has 0 bridgehead atoms. The summed E-state index contributed by atoms with van der Waals surface area (Å²) >= 11 is 0. The van der Waals surface area contributed by atoms with Gasteiger partial charge in [0.1, 0.15) is 17.6 Å². The first kappa shape index (κ1) is 37.5. The number of carbonyl (C=O) groups excluding carboxylic acids is 4. The summed E-state index contributed by atoms with van der Waals surface area (Å²) in [5, 5.41) is 19.7. The fraction of sp³-hybridized carbons (Fsp3) is 0.553. The molecule has 1 saturated heterocycles. The van der Waals surface area contributed by atoms with Crippen LogP contribution >= 0.6 is 0 Å². The molecule has 53 heavy (non-hydrogen) atoms. The van der Waals surface area contributed by atoms with E-state index in [1.807, 2.05) is 41.3 Å². The maximum absolute atomic E-state index is 12.9. The van der Waals surface area contributed by atoms with E-state index < -0.39 is 6.03 Å². The number of carbonyl (C=O) groups is 4. The minimum Gasteiger partial charge on any atom is -0.446 e. The van der Waals surface area contributed by atoms with Crippen LogP contribution < -0.4 is 20.9 Å². The highest BCUT2D eigenvalue weighted by Crippen LogP contribution is 2.36. The van der Waals surface area contributed by atoms with E-state index >= 15 is 0 Å². The maximum Gasteiger partial charge on any atom is 0.407 e. The molecule has 5 amide bonds. The molecular formula is C38H52N10O5. The van der Waals surface area contributed by atoms with Crippen LogP contribution in [0.15, 0.2) is 43.0 Å². The molecule has 284 valence electrons. The Bertz CT molecular complexity index is 1860. The van der Waals surface area contributed by atoms with Gasteiger partial charge in [-0.05, 0) is 64.0 Å². The van der Waals surface area contributed by atoms with E-state index in [-0.39, 0.29) is 42.4 Å². The first-order valence-corrected chi connectivity index (χ1v) is 19.2. The maximum atomic E-state index is 12.9. The smallest absolute Gasteiger partial charge is 0.407 e. The van der Waals surface area contributed by atoms with Gasteiger partial charge in [-0.15, -0.1) is 0 Å². The Kier molecular flexibility index (Phi) is 12.8. The summed E-state index contributed by atoms with van der Waals surface area (Å²) in [7, 11) is 0. The molecule has 15 nitrogen and oxygen atoms in total. The van der Waals surface area contributed by atoms with Crippen molar-refractivity contribution in [1.29, 1.82) is 0 Å². The summed E-state index contributed by atoms with van der Waals surface area (Å²) in [5.74, 6) is 0.847. The number of fused-ring (bicyclic) bond motifs is 1. The number of aryl methyl sites for hydroxylation is 2. The first-order valence-electron chi connectivity index (χ1n) is 19.2. The molecule has 2 atom stereocenters. The molecule has 0 aromatic carbocycles. The molecule has 4 N–H and O–H groups in total. The fourth-order valence-corrected chi connectivity index (χ4v) is 7.21. The summed E-state index contributed by atoms with van der Waals surface area (Å²) in [6, 6.07) is 5.58. The van der Waals surface area contributed by atoms with Crippen molar-refractivity contribution in [1.82, 2.24) is 40.0 Å². The monoisotopic (exact) mass is 728 g/mol. The summed E-state index contributed by atoms with van der Waals surface area (Å²) in [4.78, 5) is 54.8. The number of pyridine rings is 1. The van der Waals surface area contributed by atoms with Crippen molar-refractivity contribution >= 4 is 41.2 Å². The predicted octanol–water partition coefficient (Wildman–Crippen LogP) is 6.48. The minimum atomic E-state index is -0.402. The molecule has 15 heteroatoms. The molecule has 6 rings (SSSR count). The predicted molar refractivity (Wildman–Crippen MR) is 200 cm³/mol. The zero-order valence-corrected chi connectivity index (χ0v) is 30.8. The van der Waals surface area contributed by atoms with Crippen LogP contribution in [0.3, 0.4) is 0 Å². The number of hydrogen-bond donors (Lipinski definition) is 4. The second-order valence-corrected chi connectivity index (χ2v) is 14.5. The van der Waals surface area contributed by atoms with Crippen molar-refractivity contribution in [2.45, 2.75) is 128 Å². The van der Waals surface area contributed by atoms with Gasteiger partial charge in [-0.1, -0.05) is 51.0 Å². The molecule has 0 radical (unpaired) electrons. The molecule has 1 aliphatic heterocycles. The van der Waals surface area contributed by atoms with Gasteiger partial charge in [0.05, 0.1) is 18.0 Å². The van der Waals surface area contributed by atoms with E-state index in [9.17, 15) is 19.2 Å². The van der Waals surface area contributed by atoms with Crippen LogP contribution in [0.4, 0.5) is 21.2 Å². The molecule has 4 aromatic rings. The lowest BCUT2D eigenvalue weighted by molar-refractivity contribution is -0.120. The summed E-state index contributed by atoms with van der Waals surface area (Å²) in [6.07, 6.45) is 20.5. The third kappa shape index (κ3) is 10.2. The van der Waals surface area contributed by atoms with Gasteiger partial charge < -0.3 is 15.4 Å². The molecule has 0 unspecified atom stereocenters.